The molecule has 0 aliphatic carbocycles. The molecule has 1 rings (SSSR count). The van der Waals surface area contributed by atoms with E-state index in [-0.39, 0.29) is 18.5 Å². The fourth-order valence-electron chi connectivity index (χ4n) is 2.09. The molecule has 1 aromatic rings. The summed E-state index contributed by atoms with van der Waals surface area (Å²) in [6.45, 7) is 10.8. The van der Waals surface area contributed by atoms with E-state index in [1.807, 2.05) is 32.6 Å². The first kappa shape index (κ1) is 17.2. The van der Waals surface area contributed by atoms with Crippen LogP contribution >= 0.6 is 0 Å². The number of rotatable bonds is 7. The lowest BCUT2D eigenvalue weighted by atomic mass is 10.2. The minimum atomic E-state index is -0.0134. The van der Waals surface area contributed by atoms with Gasteiger partial charge in [0.15, 0.2) is 0 Å². The van der Waals surface area contributed by atoms with Crippen LogP contribution in [0.25, 0.3) is 0 Å². The molecule has 0 unspecified atom stereocenters. The zero-order chi connectivity index (χ0) is 16.0. The molecular formula is C15H27N5O. The van der Waals surface area contributed by atoms with Gasteiger partial charge in [-0.2, -0.15) is 0 Å². The van der Waals surface area contributed by atoms with E-state index in [1.54, 1.807) is 0 Å². The minimum absolute atomic E-state index is 0.0134. The van der Waals surface area contributed by atoms with Crippen LogP contribution in [0.3, 0.4) is 0 Å². The van der Waals surface area contributed by atoms with Gasteiger partial charge in [-0.25, -0.2) is 9.97 Å². The molecule has 0 atom stereocenters. The summed E-state index contributed by atoms with van der Waals surface area (Å²) in [6, 6.07) is 0.128. The Bertz CT molecular complexity index is 487. The summed E-state index contributed by atoms with van der Waals surface area (Å²) < 4.78 is 0. The van der Waals surface area contributed by atoms with Gasteiger partial charge in [0.25, 0.3) is 0 Å². The number of carbonyl (C=O) groups is 1. The number of nitrogens with zero attached hydrogens (tertiary/aromatic N) is 3. The number of aryl methyl sites for hydroxylation is 1. The molecule has 6 heteroatoms. The van der Waals surface area contributed by atoms with Crippen LogP contribution in [0.1, 0.15) is 45.5 Å². The third-order valence-electron chi connectivity index (χ3n) is 3.14. The van der Waals surface area contributed by atoms with Gasteiger partial charge < -0.3 is 16.0 Å². The first-order valence-electron chi connectivity index (χ1n) is 7.56. The predicted octanol–water partition coefficient (Wildman–Crippen LogP) is 1.67. The lowest BCUT2D eigenvalue weighted by molar-refractivity contribution is -0.120. The molecule has 1 amide bonds. The van der Waals surface area contributed by atoms with Gasteiger partial charge in [0.1, 0.15) is 17.5 Å². The number of hydrogen-bond acceptors (Lipinski definition) is 5. The predicted molar refractivity (Wildman–Crippen MR) is 86.3 cm³/mol. The third-order valence-corrected chi connectivity index (χ3v) is 3.14. The molecule has 0 fully saturated rings. The largest absolute Gasteiger partial charge is 0.383 e. The molecule has 0 saturated heterocycles. The Morgan fingerprint density at radius 2 is 2.00 bits per heavy atom. The molecule has 1 heterocycles. The van der Waals surface area contributed by atoms with Crippen LogP contribution in [-0.4, -0.2) is 35.0 Å². The van der Waals surface area contributed by atoms with E-state index >= 15 is 0 Å². The Morgan fingerprint density at radius 1 is 1.33 bits per heavy atom. The Labute approximate surface area is 127 Å². The SMILES string of the molecule is CCCc1nc(N)c(C)c(N(CC)CC(=O)NC(C)C)n1. The highest BCUT2D eigenvalue weighted by Crippen LogP contribution is 2.21. The Kier molecular flexibility index (Phi) is 6.39. The van der Waals surface area contributed by atoms with Crippen molar-refractivity contribution in [3.8, 4) is 0 Å². The first-order chi connectivity index (χ1) is 9.88. The number of anilines is 2. The number of hydrogen-bond donors (Lipinski definition) is 2. The number of aromatic nitrogens is 2. The van der Waals surface area contributed by atoms with Gasteiger partial charge in [0, 0.05) is 24.6 Å². The molecule has 0 aliphatic rings. The summed E-state index contributed by atoms with van der Waals surface area (Å²) in [7, 11) is 0. The van der Waals surface area contributed by atoms with Gasteiger partial charge in [0.05, 0.1) is 6.54 Å². The molecule has 0 aliphatic heterocycles. The summed E-state index contributed by atoms with van der Waals surface area (Å²) in [6.07, 6.45) is 1.75. The monoisotopic (exact) mass is 293 g/mol. The second-order valence-electron chi connectivity index (χ2n) is 5.46. The van der Waals surface area contributed by atoms with Crippen molar-refractivity contribution in [3.63, 3.8) is 0 Å². The molecule has 0 spiro atoms. The lowest BCUT2D eigenvalue weighted by Gasteiger charge is -2.24. The van der Waals surface area contributed by atoms with Crippen molar-refractivity contribution in [1.29, 1.82) is 0 Å². The van der Waals surface area contributed by atoms with Crippen molar-refractivity contribution in [2.24, 2.45) is 0 Å². The van der Waals surface area contributed by atoms with E-state index in [2.05, 4.69) is 22.2 Å². The second kappa shape index (κ2) is 7.81. The van der Waals surface area contributed by atoms with E-state index < -0.39 is 0 Å². The normalized spacial score (nSPS) is 10.8. The van der Waals surface area contributed by atoms with Crippen LogP contribution in [0, 0.1) is 6.92 Å². The van der Waals surface area contributed by atoms with Crippen molar-refractivity contribution >= 4 is 17.5 Å². The molecule has 118 valence electrons. The lowest BCUT2D eigenvalue weighted by Crippen LogP contribution is -2.40. The summed E-state index contributed by atoms with van der Waals surface area (Å²) >= 11 is 0. The van der Waals surface area contributed by atoms with E-state index in [0.29, 0.717) is 12.4 Å². The third kappa shape index (κ3) is 4.88. The maximum absolute atomic E-state index is 12.0. The fraction of sp³-hybridized carbons (Fsp3) is 0.667. The minimum Gasteiger partial charge on any atom is -0.383 e. The van der Waals surface area contributed by atoms with Crippen molar-refractivity contribution in [3.05, 3.63) is 11.4 Å². The maximum Gasteiger partial charge on any atom is 0.239 e. The van der Waals surface area contributed by atoms with Gasteiger partial charge in [0.2, 0.25) is 5.91 Å². The number of amides is 1. The van der Waals surface area contributed by atoms with Crippen LogP contribution in [0.15, 0.2) is 0 Å². The highest BCUT2D eigenvalue weighted by atomic mass is 16.2. The van der Waals surface area contributed by atoms with Crippen LogP contribution in [0.5, 0.6) is 0 Å². The van der Waals surface area contributed by atoms with Crippen molar-refractivity contribution in [2.45, 2.75) is 53.5 Å². The molecule has 6 nitrogen and oxygen atoms in total. The summed E-state index contributed by atoms with van der Waals surface area (Å²) in [5.41, 5.74) is 6.81. The highest BCUT2D eigenvalue weighted by molar-refractivity contribution is 5.81. The van der Waals surface area contributed by atoms with Crippen LogP contribution < -0.4 is 16.0 Å². The van der Waals surface area contributed by atoms with Gasteiger partial charge in [-0.3, -0.25) is 4.79 Å². The number of nitrogens with two attached hydrogens (primary N) is 1. The van der Waals surface area contributed by atoms with Gasteiger partial charge in [-0.05, 0) is 34.1 Å². The molecule has 0 bridgehead atoms. The Morgan fingerprint density at radius 3 is 2.52 bits per heavy atom. The molecule has 3 N–H and O–H groups in total. The molecule has 1 aromatic heterocycles. The maximum atomic E-state index is 12.0. The first-order valence-corrected chi connectivity index (χ1v) is 7.56. The number of carbonyl (C=O) groups excluding carboxylic acids is 1. The van der Waals surface area contributed by atoms with E-state index in [0.717, 1.165) is 30.0 Å². The number of nitrogen functional groups attached to an aromatic ring is 1. The van der Waals surface area contributed by atoms with Crippen LogP contribution in [-0.2, 0) is 11.2 Å². The summed E-state index contributed by atoms with van der Waals surface area (Å²) in [5, 5.41) is 2.90. The Balaban J connectivity index is 3.01. The summed E-state index contributed by atoms with van der Waals surface area (Å²) in [4.78, 5) is 22.8. The van der Waals surface area contributed by atoms with Crippen molar-refractivity contribution in [2.75, 3.05) is 23.7 Å². The quantitative estimate of drug-likeness (QED) is 0.799. The number of nitrogens with one attached hydrogen (secondary N) is 1. The molecular weight excluding hydrogens is 266 g/mol. The van der Waals surface area contributed by atoms with E-state index in [4.69, 9.17) is 5.73 Å². The molecule has 0 saturated carbocycles. The molecule has 21 heavy (non-hydrogen) atoms. The zero-order valence-electron chi connectivity index (χ0n) is 13.7. The zero-order valence-corrected chi connectivity index (χ0v) is 13.7. The van der Waals surface area contributed by atoms with E-state index in [1.165, 1.54) is 0 Å². The average molecular weight is 293 g/mol. The Hall–Kier alpha value is -1.85. The van der Waals surface area contributed by atoms with Crippen molar-refractivity contribution in [1.82, 2.24) is 15.3 Å². The smallest absolute Gasteiger partial charge is 0.239 e. The topological polar surface area (TPSA) is 84.1 Å². The molecule has 0 radical (unpaired) electrons. The van der Waals surface area contributed by atoms with Crippen LogP contribution in [0.2, 0.25) is 0 Å². The average Bonchev–Trinajstić information content (AvgIpc) is 2.39. The van der Waals surface area contributed by atoms with Gasteiger partial charge in [-0.15, -0.1) is 0 Å². The number of likely N-dealkylation sites (N-methyl/N-ethyl adjacent to an activating group) is 1. The van der Waals surface area contributed by atoms with Gasteiger partial charge in [-0.1, -0.05) is 6.92 Å². The standard InChI is InChI=1S/C15H27N5O/c1-6-8-12-18-14(16)11(5)15(19-12)20(7-2)9-13(21)17-10(3)4/h10H,6-9H2,1-5H3,(H,17,21)(H2,16,18,19). The van der Waals surface area contributed by atoms with E-state index in [9.17, 15) is 4.79 Å². The van der Waals surface area contributed by atoms with Crippen molar-refractivity contribution < 1.29 is 4.79 Å². The summed E-state index contributed by atoms with van der Waals surface area (Å²) in [5.74, 6) is 1.97. The fourth-order valence-corrected chi connectivity index (χ4v) is 2.09. The molecule has 0 aromatic carbocycles. The van der Waals surface area contributed by atoms with Crippen LogP contribution in [0.4, 0.5) is 11.6 Å². The van der Waals surface area contributed by atoms with Gasteiger partial charge >= 0.3 is 0 Å². The highest BCUT2D eigenvalue weighted by Gasteiger charge is 2.17. The second-order valence-corrected chi connectivity index (χ2v) is 5.46.